The smallest absolute Gasteiger partial charge is 0.333 e. The SMILES string of the molecule is COC(=O)C1=C2CCCC[C@]2(C)[C@@H]2CC[C@]3(C)C(=O)CC[C@H]3[C@@H]2C1. The molecule has 4 aliphatic rings. The molecule has 0 spiro atoms. The standard InChI is InChI=1S/C21H30O3/c1-20-10-5-4-6-15(20)14(19(23)24-3)12-13-16-7-8-18(22)21(16,2)11-9-17(13)20/h13,16-17H,4-12H2,1-3H3/t13-,16-,17+,20-,21-/m0/s1. The first-order chi connectivity index (χ1) is 11.4. The van der Waals surface area contributed by atoms with Gasteiger partial charge in [0.1, 0.15) is 5.78 Å². The molecule has 132 valence electrons. The first kappa shape index (κ1) is 16.4. The minimum atomic E-state index is -0.134. The van der Waals surface area contributed by atoms with Crippen molar-refractivity contribution in [2.24, 2.45) is 28.6 Å². The van der Waals surface area contributed by atoms with E-state index in [4.69, 9.17) is 4.74 Å². The van der Waals surface area contributed by atoms with Crippen LogP contribution in [0.2, 0.25) is 0 Å². The second-order valence-electron chi connectivity index (χ2n) is 9.07. The Bertz CT molecular complexity index is 619. The minimum Gasteiger partial charge on any atom is -0.466 e. The molecular formula is C21H30O3. The van der Waals surface area contributed by atoms with Crippen LogP contribution in [0.3, 0.4) is 0 Å². The van der Waals surface area contributed by atoms with Crippen LogP contribution in [-0.4, -0.2) is 18.9 Å². The van der Waals surface area contributed by atoms with Gasteiger partial charge >= 0.3 is 5.97 Å². The van der Waals surface area contributed by atoms with Gasteiger partial charge in [0.15, 0.2) is 0 Å². The summed E-state index contributed by atoms with van der Waals surface area (Å²) in [6, 6.07) is 0. The first-order valence-electron chi connectivity index (χ1n) is 9.76. The third-order valence-corrected chi connectivity index (χ3v) is 8.26. The number of hydrogen-bond donors (Lipinski definition) is 0. The van der Waals surface area contributed by atoms with Gasteiger partial charge in [0.25, 0.3) is 0 Å². The van der Waals surface area contributed by atoms with E-state index in [1.807, 2.05) is 0 Å². The molecule has 0 aromatic rings. The lowest BCUT2D eigenvalue weighted by atomic mass is 9.47. The number of ether oxygens (including phenoxy) is 1. The average molecular weight is 330 g/mol. The van der Waals surface area contributed by atoms with Crippen molar-refractivity contribution in [3.8, 4) is 0 Å². The molecule has 0 aromatic carbocycles. The minimum absolute atomic E-state index is 0.117. The summed E-state index contributed by atoms with van der Waals surface area (Å²) in [7, 11) is 1.51. The Hall–Kier alpha value is -1.12. The number of allylic oxidation sites excluding steroid dienone is 1. The number of methoxy groups -OCH3 is 1. The summed E-state index contributed by atoms with van der Waals surface area (Å²) in [5.74, 6) is 1.94. The lowest BCUT2D eigenvalue weighted by Gasteiger charge is -2.57. The number of ketones is 1. The summed E-state index contributed by atoms with van der Waals surface area (Å²) in [5.41, 5.74) is 2.38. The summed E-state index contributed by atoms with van der Waals surface area (Å²) in [4.78, 5) is 25.1. The molecule has 0 N–H and O–H groups in total. The fourth-order valence-electron chi connectivity index (χ4n) is 6.96. The Morgan fingerprint density at radius 2 is 1.79 bits per heavy atom. The van der Waals surface area contributed by atoms with Gasteiger partial charge in [0.05, 0.1) is 7.11 Å². The van der Waals surface area contributed by atoms with E-state index in [1.54, 1.807) is 0 Å². The van der Waals surface area contributed by atoms with Crippen LogP contribution in [0, 0.1) is 28.6 Å². The molecule has 0 bridgehead atoms. The normalized spacial score (nSPS) is 44.6. The molecule has 0 aromatic heterocycles. The van der Waals surface area contributed by atoms with Crippen molar-refractivity contribution in [1.29, 1.82) is 0 Å². The van der Waals surface area contributed by atoms with Gasteiger partial charge in [0, 0.05) is 17.4 Å². The van der Waals surface area contributed by atoms with Gasteiger partial charge < -0.3 is 4.74 Å². The zero-order valence-corrected chi connectivity index (χ0v) is 15.3. The molecule has 3 nitrogen and oxygen atoms in total. The third-order valence-electron chi connectivity index (χ3n) is 8.26. The van der Waals surface area contributed by atoms with Gasteiger partial charge in [-0.25, -0.2) is 4.79 Å². The molecule has 4 rings (SSSR count). The van der Waals surface area contributed by atoms with Gasteiger partial charge in [0.2, 0.25) is 0 Å². The molecule has 4 aliphatic carbocycles. The highest BCUT2D eigenvalue weighted by Crippen LogP contribution is 2.65. The predicted molar refractivity (Wildman–Crippen MR) is 92.3 cm³/mol. The molecule has 0 unspecified atom stereocenters. The Balaban J connectivity index is 1.79. The van der Waals surface area contributed by atoms with Crippen LogP contribution >= 0.6 is 0 Å². The molecule has 0 heterocycles. The zero-order valence-electron chi connectivity index (χ0n) is 15.3. The van der Waals surface area contributed by atoms with Crippen LogP contribution in [0.4, 0.5) is 0 Å². The molecule has 0 amide bonds. The van der Waals surface area contributed by atoms with Crippen molar-refractivity contribution >= 4 is 11.8 Å². The molecule has 3 fully saturated rings. The van der Waals surface area contributed by atoms with Crippen LogP contribution < -0.4 is 0 Å². The number of esters is 1. The lowest BCUT2D eigenvalue weighted by molar-refractivity contribution is -0.138. The van der Waals surface area contributed by atoms with Gasteiger partial charge in [-0.05, 0) is 68.1 Å². The van der Waals surface area contributed by atoms with E-state index in [0.29, 0.717) is 23.5 Å². The summed E-state index contributed by atoms with van der Waals surface area (Å²) >= 11 is 0. The van der Waals surface area contributed by atoms with Gasteiger partial charge in [-0.15, -0.1) is 0 Å². The molecule has 3 saturated carbocycles. The van der Waals surface area contributed by atoms with Crippen molar-refractivity contribution in [3.63, 3.8) is 0 Å². The predicted octanol–water partition coefficient (Wildman–Crippen LogP) is 4.45. The van der Waals surface area contributed by atoms with Crippen molar-refractivity contribution in [2.45, 2.75) is 71.6 Å². The molecule has 0 radical (unpaired) electrons. The molecule has 0 aliphatic heterocycles. The van der Waals surface area contributed by atoms with E-state index in [0.717, 1.165) is 44.1 Å². The second-order valence-corrected chi connectivity index (χ2v) is 9.07. The Morgan fingerprint density at radius 1 is 1.04 bits per heavy atom. The van der Waals surface area contributed by atoms with Crippen molar-refractivity contribution in [3.05, 3.63) is 11.1 Å². The average Bonchev–Trinajstić information content (AvgIpc) is 2.88. The van der Waals surface area contributed by atoms with Crippen molar-refractivity contribution in [2.75, 3.05) is 7.11 Å². The maximum Gasteiger partial charge on any atom is 0.333 e. The lowest BCUT2D eigenvalue weighted by Crippen LogP contribution is -2.51. The highest BCUT2D eigenvalue weighted by molar-refractivity contribution is 5.90. The number of hydrogen-bond acceptors (Lipinski definition) is 3. The molecule has 3 heteroatoms. The highest BCUT2D eigenvalue weighted by atomic mass is 16.5. The van der Waals surface area contributed by atoms with Crippen molar-refractivity contribution in [1.82, 2.24) is 0 Å². The second kappa shape index (κ2) is 5.44. The number of carbonyl (C=O) groups excluding carboxylic acids is 2. The Kier molecular flexibility index (Phi) is 3.71. The van der Waals surface area contributed by atoms with Crippen LogP contribution in [0.5, 0.6) is 0 Å². The van der Waals surface area contributed by atoms with E-state index in [1.165, 1.54) is 31.9 Å². The maximum absolute atomic E-state index is 12.5. The monoisotopic (exact) mass is 330 g/mol. The fourth-order valence-corrected chi connectivity index (χ4v) is 6.96. The van der Waals surface area contributed by atoms with Crippen LogP contribution in [0.15, 0.2) is 11.1 Å². The van der Waals surface area contributed by atoms with E-state index in [2.05, 4.69) is 13.8 Å². The molecule has 0 saturated heterocycles. The van der Waals surface area contributed by atoms with Crippen LogP contribution in [0.1, 0.15) is 71.6 Å². The quantitative estimate of drug-likeness (QED) is 0.667. The zero-order chi connectivity index (χ0) is 17.1. The molecule has 5 atom stereocenters. The summed E-state index contributed by atoms with van der Waals surface area (Å²) < 4.78 is 5.16. The van der Waals surface area contributed by atoms with Gasteiger partial charge in [-0.2, -0.15) is 0 Å². The number of Topliss-reactive ketones (excluding diaryl/α,β-unsaturated/α-hetero) is 1. The first-order valence-corrected chi connectivity index (χ1v) is 9.76. The molecular weight excluding hydrogens is 300 g/mol. The maximum atomic E-state index is 12.5. The summed E-state index contributed by atoms with van der Waals surface area (Å²) in [6.45, 7) is 4.60. The Labute approximate surface area is 145 Å². The number of carbonyl (C=O) groups is 2. The van der Waals surface area contributed by atoms with Crippen LogP contribution in [-0.2, 0) is 14.3 Å². The number of fused-ring (bicyclic) bond motifs is 5. The van der Waals surface area contributed by atoms with E-state index in [9.17, 15) is 9.59 Å². The van der Waals surface area contributed by atoms with Crippen LogP contribution in [0.25, 0.3) is 0 Å². The van der Waals surface area contributed by atoms with Gasteiger partial charge in [-0.3, -0.25) is 4.79 Å². The highest BCUT2D eigenvalue weighted by Gasteiger charge is 2.59. The van der Waals surface area contributed by atoms with Crippen molar-refractivity contribution < 1.29 is 14.3 Å². The fraction of sp³-hybridized carbons (Fsp3) is 0.810. The topological polar surface area (TPSA) is 43.4 Å². The van der Waals surface area contributed by atoms with E-state index < -0.39 is 0 Å². The van der Waals surface area contributed by atoms with E-state index in [-0.39, 0.29) is 16.8 Å². The summed E-state index contributed by atoms with van der Waals surface area (Å²) in [6.07, 6.45) is 9.52. The summed E-state index contributed by atoms with van der Waals surface area (Å²) in [5, 5.41) is 0. The molecule has 24 heavy (non-hydrogen) atoms. The Morgan fingerprint density at radius 3 is 2.54 bits per heavy atom. The van der Waals surface area contributed by atoms with E-state index >= 15 is 0 Å². The van der Waals surface area contributed by atoms with Gasteiger partial charge in [-0.1, -0.05) is 25.8 Å². The number of rotatable bonds is 1. The third kappa shape index (κ3) is 2.02. The largest absolute Gasteiger partial charge is 0.466 e.